The van der Waals surface area contributed by atoms with Crippen LogP contribution in [0.4, 0.5) is 8.78 Å². The summed E-state index contributed by atoms with van der Waals surface area (Å²) in [4.78, 5) is 3.62. The van der Waals surface area contributed by atoms with Crippen LogP contribution in [-0.4, -0.2) is 18.1 Å². The van der Waals surface area contributed by atoms with E-state index < -0.39 is 18.9 Å². The second-order valence-electron chi connectivity index (χ2n) is 2.90. The molecule has 0 aliphatic carbocycles. The Bertz CT molecular complexity index is 600. The lowest BCUT2D eigenvalue weighted by atomic mass is 10.3. The van der Waals surface area contributed by atoms with Crippen molar-refractivity contribution in [3.63, 3.8) is 0 Å². The van der Waals surface area contributed by atoms with Gasteiger partial charge in [0.25, 0.3) is 9.84 Å². The normalized spacial score (nSPS) is 13.2. The van der Waals surface area contributed by atoms with E-state index in [2.05, 4.69) is 16.6 Å². The van der Waals surface area contributed by atoms with Crippen molar-refractivity contribution in [1.82, 2.24) is 4.98 Å². The molecular weight excluding hydrogens is 280 g/mol. The maximum Gasteiger partial charge on any atom is 0.429 e. The number of nitrogens with zero attached hydrogens (tertiary/aromatic N) is 1. The Morgan fingerprint density at radius 3 is 2.50 bits per heavy atom. The maximum absolute atomic E-state index is 12.7. The summed E-state index contributed by atoms with van der Waals surface area (Å²) < 4.78 is 43.4. The van der Waals surface area contributed by atoms with Crippen LogP contribution in [-0.2, 0) is 9.84 Å². The molecule has 86 valence electrons. The highest BCUT2D eigenvalue weighted by Crippen LogP contribution is 2.36. The third-order valence-electron chi connectivity index (χ3n) is 1.81. The molecule has 2 rings (SSSR count). The van der Waals surface area contributed by atoms with Crippen LogP contribution in [0.5, 0.6) is 0 Å². The predicted molar refractivity (Wildman–Crippen MR) is 57.6 cm³/mol. The number of fused-ring (bicyclic) bond motifs is 1. The van der Waals surface area contributed by atoms with Crippen molar-refractivity contribution in [1.29, 1.82) is 0 Å². The maximum atomic E-state index is 12.7. The van der Waals surface area contributed by atoms with E-state index >= 15 is 0 Å². The van der Waals surface area contributed by atoms with E-state index in [1.165, 1.54) is 6.07 Å². The van der Waals surface area contributed by atoms with Gasteiger partial charge in [0.05, 0.1) is 10.2 Å². The van der Waals surface area contributed by atoms with Gasteiger partial charge in [-0.3, -0.25) is 0 Å². The van der Waals surface area contributed by atoms with Gasteiger partial charge in [0.15, 0.2) is 0 Å². The van der Waals surface area contributed by atoms with E-state index in [0.717, 1.165) is 0 Å². The number of hydrogen-bond donors (Lipinski definition) is 0. The summed E-state index contributed by atoms with van der Waals surface area (Å²) in [6.07, 6.45) is 0. The first-order valence-corrected chi connectivity index (χ1v) is 6.67. The summed E-state index contributed by atoms with van der Waals surface area (Å²) in [5.74, 6) is 0. The van der Waals surface area contributed by atoms with Crippen molar-refractivity contribution < 1.29 is 17.2 Å². The van der Waals surface area contributed by atoms with Gasteiger partial charge < -0.3 is 0 Å². The summed E-state index contributed by atoms with van der Waals surface area (Å²) in [5.41, 5.74) is 0.354. The number of thiazole rings is 1. The molecule has 8 heteroatoms. The Labute approximate surface area is 98.6 Å². The van der Waals surface area contributed by atoms with Crippen LogP contribution >= 0.6 is 22.9 Å². The zero-order valence-electron chi connectivity index (χ0n) is 7.52. The molecule has 0 saturated heterocycles. The minimum atomic E-state index is -4.90. The number of sulfone groups is 1. The standard InChI is InChI=1S/C8H4ClF2NO2S2/c9-8(10,11)16(13,14)7-12-5-3-1-2-4-6(5)15-7/h1-4H. The Balaban J connectivity index is 2.66. The van der Waals surface area contributed by atoms with Crippen LogP contribution in [0.15, 0.2) is 28.6 Å². The van der Waals surface area contributed by atoms with E-state index in [-0.39, 0.29) is 0 Å². The average molecular weight is 284 g/mol. The lowest BCUT2D eigenvalue weighted by Crippen LogP contribution is -2.21. The second-order valence-corrected chi connectivity index (χ2v) is 6.79. The Morgan fingerprint density at radius 1 is 1.31 bits per heavy atom. The molecule has 3 nitrogen and oxygen atoms in total. The van der Waals surface area contributed by atoms with Gasteiger partial charge >= 0.3 is 4.71 Å². The summed E-state index contributed by atoms with van der Waals surface area (Å²) in [7, 11) is -4.90. The molecule has 0 N–H and O–H groups in total. The minimum absolute atomic E-state index is 0.354. The molecule has 1 aromatic carbocycles. The lowest BCUT2D eigenvalue weighted by Gasteiger charge is -2.05. The smallest absolute Gasteiger partial charge is 0.225 e. The largest absolute Gasteiger partial charge is 0.429 e. The third kappa shape index (κ3) is 1.79. The van der Waals surface area contributed by atoms with E-state index in [1.54, 1.807) is 18.2 Å². The molecule has 1 aromatic heterocycles. The molecule has 0 amide bonds. The number of aromatic nitrogens is 1. The minimum Gasteiger partial charge on any atom is -0.225 e. The first-order valence-electron chi connectivity index (χ1n) is 3.99. The van der Waals surface area contributed by atoms with Crippen LogP contribution < -0.4 is 0 Å². The van der Waals surface area contributed by atoms with Gasteiger partial charge in [-0.05, 0) is 23.7 Å². The van der Waals surface area contributed by atoms with Crippen LogP contribution in [0.1, 0.15) is 0 Å². The predicted octanol–water partition coefficient (Wildman–Crippen LogP) is 2.86. The third-order valence-corrected chi connectivity index (χ3v) is 5.32. The van der Waals surface area contributed by atoms with Gasteiger partial charge in [-0.2, -0.15) is 8.78 Å². The average Bonchev–Trinajstić information content (AvgIpc) is 2.59. The SMILES string of the molecule is O=S(=O)(c1nc2ccccc2s1)C(F)(F)Cl. The number of rotatable bonds is 2. The van der Waals surface area contributed by atoms with Gasteiger partial charge in [-0.1, -0.05) is 12.1 Å². The molecule has 1 heterocycles. The number of benzene rings is 1. The fourth-order valence-electron chi connectivity index (χ4n) is 1.07. The van der Waals surface area contributed by atoms with Crippen molar-refractivity contribution in [3.05, 3.63) is 24.3 Å². The van der Waals surface area contributed by atoms with E-state index in [4.69, 9.17) is 0 Å². The van der Waals surface area contributed by atoms with E-state index in [9.17, 15) is 17.2 Å². The first-order chi connectivity index (χ1) is 7.32. The lowest BCUT2D eigenvalue weighted by molar-refractivity contribution is 0.187. The van der Waals surface area contributed by atoms with Crippen molar-refractivity contribution >= 4 is 43.0 Å². The fraction of sp³-hybridized carbons (Fsp3) is 0.125. The summed E-state index contributed by atoms with van der Waals surface area (Å²) in [6.45, 7) is 0. The fourth-order valence-corrected chi connectivity index (χ4v) is 3.56. The molecule has 0 radical (unpaired) electrons. The Kier molecular flexibility index (Phi) is 2.64. The highest BCUT2D eigenvalue weighted by molar-refractivity contribution is 7.95. The van der Waals surface area contributed by atoms with Gasteiger partial charge in [-0.25, -0.2) is 13.4 Å². The number of halogens is 3. The molecule has 2 aromatic rings. The molecular formula is C8H4ClF2NO2S2. The highest BCUT2D eigenvalue weighted by Gasteiger charge is 2.46. The first kappa shape index (κ1) is 11.7. The monoisotopic (exact) mass is 283 g/mol. The van der Waals surface area contributed by atoms with Crippen molar-refractivity contribution in [2.24, 2.45) is 0 Å². The molecule has 0 aliphatic rings. The zero-order valence-corrected chi connectivity index (χ0v) is 9.91. The highest BCUT2D eigenvalue weighted by atomic mass is 35.5. The molecule has 16 heavy (non-hydrogen) atoms. The van der Waals surface area contributed by atoms with E-state index in [0.29, 0.717) is 21.6 Å². The molecule has 0 spiro atoms. The number of para-hydroxylation sites is 1. The van der Waals surface area contributed by atoms with Gasteiger partial charge in [0, 0.05) is 0 Å². The number of alkyl halides is 3. The quantitative estimate of drug-likeness (QED) is 0.796. The van der Waals surface area contributed by atoms with Crippen molar-refractivity contribution in [2.75, 3.05) is 0 Å². The molecule has 0 saturated carbocycles. The van der Waals surface area contributed by atoms with Gasteiger partial charge in [0.1, 0.15) is 0 Å². The number of hydrogen-bond acceptors (Lipinski definition) is 4. The second kappa shape index (κ2) is 3.61. The van der Waals surface area contributed by atoms with Crippen LogP contribution in [0.2, 0.25) is 0 Å². The van der Waals surface area contributed by atoms with Crippen molar-refractivity contribution in [2.45, 2.75) is 9.05 Å². The van der Waals surface area contributed by atoms with Crippen LogP contribution in [0, 0.1) is 0 Å². The molecule has 0 atom stereocenters. The Hall–Kier alpha value is -0.790. The summed E-state index contributed by atoms with van der Waals surface area (Å²) in [6, 6.07) is 6.43. The van der Waals surface area contributed by atoms with E-state index in [1.807, 2.05) is 0 Å². The van der Waals surface area contributed by atoms with Crippen molar-refractivity contribution in [3.8, 4) is 0 Å². The zero-order chi connectivity index (χ0) is 12.0. The molecule has 0 aliphatic heterocycles. The van der Waals surface area contributed by atoms with Gasteiger partial charge in [0.2, 0.25) is 4.34 Å². The van der Waals surface area contributed by atoms with Crippen LogP contribution in [0.25, 0.3) is 10.2 Å². The summed E-state index contributed by atoms with van der Waals surface area (Å²) in [5, 5.41) is 0. The molecule has 0 unspecified atom stereocenters. The summed E-state index contributed by atoms with van der Waals surface area (Å²) >= 11 is 5.20. The van der Waals surface area contributed by atoms with Gasteiger partial charge in [-0.15, -0.1) is 11.3 Å². The topological polar surface area (TPSA) is 47.0 Å². The van der Waals surface area contributed by atoms with Crippen LogP contribution in [0.3, 0.4) is 0 Å². The molecule has 0 fully saturated rings. The Morgan fingerprint density at radius 2 is 1.94 bits per heavy atom. The molecule has 0 bridgehead atoms.